The van der Waals surface area contributed by atoms with Crippen molar-refractivity contribution in [2.75, 3.05) is 6.61 Å². The molecule has 216 valence electrons. The number of ketones is 1. The normalized spacial score (nSPS) is 19.0. The Bertz CT molecular complexity index is 1670. The zero-order valence-electron chi connectivity index (χ0n) is 23.2. The van der Waals surface area contributed by atoms with E-state index in [-0.39, 0.29) is 37.0 Å². The third-order valence-electron chi connectivity index (χ3n) is 7.91. The zero-order valence-corrected chi connectivity index (χ0v) is 24.0. The second-order valence-electron chi connectivity index (χ2n) is 11.3. The number of rotatable bonds is 10. The maximum atomic E-state index is 13.7. The summed E-state index contributed by atoms with van der Waals surface area (Å²) in [4.78, 5) is 35.0. The molecule has 3 heterocycles. The number of thiazole rings is 1. The van der Waals surface area contributed by atoms with E-state index in [0.717, 1.165) is 23.4 Å². The lowest BCUT2D eigenvalue weighted by Gasteiger charge is -2.26. The molecule has 2 aromatic carbocycles. The molecule has 10 heteroatoms. The molecule has 0 unspecified atom stereocenters. The molecule has 1 amide bonds. The van der Waals surface area contributed by atoms with E-state index in [2.05, 4.69) is 4.98 Å². The van der Waals surface area contributed by atoms with E-state index >= 15 is 0 Å². The van der Waals surface area contributed by atoms with Crippen LogP contribution in [0.5, 0.6) is 11.5 Å². The largest absolute Gasteiger partial charge is 0.490 e. The maximum absolute atomic E-state index is 13.7. The number of halogens is 1. The second kappa shape index (κ2) is 10.6. The highest BCUT2D eigenvalue weighted by Crippen LogP contribution is 2.46. The number of pyridine rings is 1. The summed E-state index contributed by atoms with van der Waals surface area (Å²) in [7, 11) is 0. The molecule has 1 saturated carbocycles. The number of Topliss-reactive ketones (excluding diaryl/α,β-unsaturated/α-hetero) is 1. The van der Waals surface area contributed by atoms with E-state index in [1.807, 2.05) is 11.4 Å². The Morgan fingerprint density at radius 2 is 1.98 bits per heavy atom. The Morgan fingerprint density at radius 1 is 1.21 bits per heavy atom. The summed E-state index contributed by atoms with van der Waals surface area (Å²) in [6, 6.07) is 12.7. The van der Waals surface area contributed by atoms with Crippen LogP contribution in [-0.2, 0) is 15.8 Å². The van der Waals surface area contributed by atoms with Crippen LogP contribution >= 0.6 is 11.3 Å². The summed E-state index contributed by atoms with van der Waals surface area (Å²) < 4.78 is 25.6. The fourth-order valence-electron chi connectivity index (χ4n) is 4.99. The van der Waals surface area contributed by atoms with Crippen LogP contribution in [-0.4, -0.2) is 39.5 Å². The van der Waals surface area contributed by atoms with Gasteiger partial charge in [-0.25, -0.2) is 14.4 Å². The van der Waals surface area contributed by atoms with Gasteiger partial charge in [0.1, 0.15) is 45.6 Å². The van der Waals surface area contributed by atoms with Crippen molar-refractivity contribution >= 4 is 23.0 Å². The molecule has 2 aromatic heterocycles. The van der Waals surface area contributed by atoms with Crippen LogP contribution in [0.2, 0.25) is 0 Å². The number of nitrogens with zero attached hydrogens (tertiary/aromatic N) is 2. The highest BCUT2D eigenvalue weighted by atomic mass is 32.1. The molecule has 0 saturated heterocycles. The van der Waals surface area contributed by atoms with Crippen molar-refractivity contribution < 1.29 is 28.6 Å². The average molecular weight is 588 g/mol. The molecule has 4 aromatic rings. The highest BCUT2D eigenvalue weighted by Gasteiger charge is 2.45. The molecule has 1 aliphatic carbocycles. The van der Waals surface area contributed by atoms with Crippen LogP contribution in [0, 0.1) is 5.82 Å². The van der Waals surface area contributed by atoms with E-state index in [1.54, 1.807) is 50.4 Å². The molecule has 0 spiro atoms. The third-order valence-corrected chi connectivity index (χ3v) is 8.71. The molecule has 1 aliphatic heterocycles. The number of benzene rings is 2. The van der Waals surface area contributed by atoms with Gasteiger partial charge in [0.05, 0.1) is 17.4 Å². The molecule has 2 aliphatic rings. The predicted molar refractivity (Wildman–Crippen MR) is 156 cm³/mol. The van der Waals surface area contributed by atoms with Gasteiger partial charge in [-0.1, -0.05) is 0 Å². The minimum atomic E-state index is -1.55. The fraction of sp³-hybridized carbons (Fsp3) is 0.312. The first-order valence-electron chi connectivity index (χ1n) is 13.8. The van der Waals surface area contributed by atoms with Gasteiger partial charge < -0.3 is 20.3 Å². The molecule has 2 atom stereocenters. The van der Waals surface area contributed by atoms with Gasteiger partial charge in [0.15, 0.2) is 5.78 Å². The zero-order chi connectivity index (χ0) is 29.6. The Balaban J connectivity index is 1.30. The number of carbonyl (C=O) groups excluding carboxylic acids is 2. The Kier molecular flexibility index (Phi) is 7.06. The number of amides is 1. The van der Waals surface area contributed by atoms with Gasteiger partial charge in [0.25, 0.3) is 0 Å². The first-order valence-corrected chi connectivity index (χ1v) is 14.6. The van der Waals surface area contributed by atoms with Gasteiger partial charge in [-0.3, -0.25) is 9.59 Å². The number of hydrogen-bond acceptors (Lipinski definition) is 8. The molecule has 1 fully saturated rings. The first kappa shape index (κ1) is 28.0. The van der Waals surface area contributed by atoms with Gasteiger partial charge in [0.2, 0.25) is 5.91 Å². The molecule has 8 nitrogen and oxygen atoms in total. The van der Waals surface area contributed by atoms with E-state index in [4.69, 9.17) is 20.2 Å². The summed E-state index contributed by atoms with van der Waals surface area (Å²) in [5, 5.41) is 14.3. The lowest BCUT2D eigenvalue weighted by atomic mass is 9.81. The molecule has 0 bridgehead atoms. The quantitative estimate of drug-likeness (QED) is 0.233. The third kappa shape index (κ3) is 5.28. The summed E-state index contributed by atoms with van der Waals surface area (Å²) >= 11 is 1.47. The molecule has 3 N–H and O–H groups in total. The summed E-state index contributed by atoms with van der Waals surface area (Å²) in [5.74, 6) is -0.0852. The first-order chi connectivity index (χ1) is 20.0. The fourth-order valence-corrected chi connectivity index (χ4v) is 5.65. The van der Waals surface area contributed by atoms with Crippen molar-refractivity contribution in [3.8, 4) is 33.3 Å². The number of aliphatic hydroxyl groups is 1. The summed E-state index contributed by atoms with van der Waals surface area (Å²) in [5.41, 5.74) is 5.97. The van der Waals surface area contributed by atoms with Crippen LogP contribution in [0.15, 0.2) is 60.1 Å². The second-order valence-corrected chi connectivity index (χ2v) is 12.2. The number of carbonyl (C=O) groups is 2. The SMILES string of the molecule is C[C@](O)(CCC(=O)c1ccc(OC2CC2)c(-c2nccs2)c1)c1cc2c(c(-c3ccc(F)cc3)n1)OC[C@]2(C)C(N)=O. The smallest absolute Gasteiger partial charge is 0.231 e. The molecule has 6 rings (SSSR count). The van der Waals surface area contributed by atoms with Crippen molar-refractivity contribution in [3.63, 3.8) is 0 Å². The van der Waals surface area contributed by atoms with Crippen molar-refractivity contribution in [1.82, 2.24) is 9.97 Å². The number of ether oxygens (including phenoxy) is 2. The number of aromatic nitrogens is 2. The predicted octanol–water partition coefficient (Wildman–Crippen LogP) is 5.56. The van der Waals surface area contributed by atoms with Crippen LogP contribution in [0.4, 0.5) is 4.39 Å². The minimum absolute atomic E-state index is 0.0134. The molecular weight excluding hydrogens is 557 g/mol. The lowest BCUT2D eigenvalue weighted by molar-refractivity contribution is -0.123. The van der Waals surface area contributed by atoms with E-state index < -0.39 is 22.7 Å². The maximum Gasteiger partial charge on any atom is 0.231 e. The minimum Gasteiger partial charge on any atom is -0.490 e. The monoisotopic (exact) mass is 587 g/mol. The van der Waals surface area contributed by atoms with Crippen molar-refractivity contribution in [2.24, 2.45) is 5.73 Å². The van der Waals surface area contributed by atoms with Crippen molar-refractivity contribution in [3.05, 3.63) is 82.7 Å². The van der Waals surface area contributed by atoms with Gasteiger partial charge in [-0.05, 0) is 81.6 Å². The molecular formula is C32H30FN3O5S. The van der Waals surface area contributed by atoms with Gasteiger partial charge in [0, 0.05) is 34.7 Å². The van der Waals surface area contributed by atoms with E-state index in [9.17, 15) is 19.1 Å². The number of hydrogen-bond donors (Lipinski definition) is 2. The van der Waals surface area contributed by atoms with E-state index in [1.165, 1.54) is 23.5 Å². The van der Waals surface area contributed by atoms with Crippen molar-refractivity contribution in [2.45, 2.75) is 56.7 Å². The van der Waals surface area contributed by atoms with Gasteiger partial charge in [-0.15, -0.1) is 11.3 Å². The number of fused-ring (bicyclic) bond motifs is 1. The summed E-state index contributed by atoms with van der Waals surface area (Å²) in [6.45, 7) is 3.27. The van der Waals surface area contributed by atoms with Crippen LogP contribution in [0.1, 0.15) is 61.1 Å². The van der Waals surface area contributed by atoms with Crippen LogP contribution in [0.25, 0.3) is 21.8 Å². The number of nitrogens with two attached hydrogens (primary N) is 1. The Labute approximate surface area is 246 Å². The highest BCUT2D eigenvalue weighted by molar-refractivity contribution is 7.13. The topological polar surface area (TPSA) is 125 Å². The Morgan fingerprint density at radius 3 is 2.64 bits per heavy atom. The molecule has 0 radical (unpaired) electrons. The van der Waals surface area contributed by atoms with Crippen LogP contribution in [0.3, 0.4) is 0 Å². The molecule has 42 heavy (non-hydrogen) atoms. The Hall–Kier alpha value is -4.15. The standard InChI is InChI=1S/C32H30FN3O5S/c1-31(30(34)38)17-40-28-23(31)16-26(36-27(28)18-3-6-20(33)7-4-18)32(2,39)12-11-24(37)19-5-10-25(41-21-8-9-21)22(15-19)29-35-13-14-42-29/h3-7,10,13-16,21,39H,8-9,11-12,17H2,1-2H3,(H2,34,38)/t31-,32-/m0/s1. The summed E-state index contributed by atoms with van der Waals surface area (Å²) in [6.07, 6.45) is 4.02. The lowest BCUT2D eigenvalue weighted by Crippen LogP contribution is -2.40. The number of primary amides is 1. The van der Waals surface area contributed by atoms with Gasteiger partial charge in [-0.2, -0.15) is 0 Å². The van der Waals surface area contributed by atoms with Crippen LogP contribution < -0.4 is 15.2 Å². The average Bonchev–Trinajstić information content (AvgIpc) is 3.48. The van der Waals surface area contributed by atoms with E-state index in [0.29, 0.717) is 33.9 Å². The van der Waals surface area contributed by atoms with Gasteiger partial charge >= 0.3 is 0 Å². The van der Waals surface area contributed by atoms with Crippen molar-refractivity contribution in [1.29, 1.82) is 0 Å².